The van der Waals surface area contributed by atoms with Crippen LogP contribution >= 0.6 is 0 Å². The van der Waals surface area contributed by atoms with Gasteiger partial charge in [-0.15, -0.1) is 0 Å². The van der Waals surface area contributed by atoms with Crippen LogP contribution in [0.25, 0.3) is 10.9 Å². The Bertz CT molecular complexity index is 908. The lowest BCUT2D eigenvalue weighted by Crippen LogP contribution is -2.07. The summed E-state index contributed by atoms with van der Waals surface area (Å²) in [4.78, 5) is 3.94. The Hall–Kier alpha value is -2.54. The van der Waals surface area contributed by atoms with E-state index in [1.54, 1.807) is 12.1 Å². The fourth-order valence-electron chi connectivity index (χ4n) is 2.46. The van der Waals surface area contributed by atoms with Crippen LogP contribution in [0.3, 0.4) is 0 Å². The number of ether oxygens (including phenoxy) is 1. The van der Waals surface area contributed by atoms with Gasteiger partial charge in [-0.05, 0) is 35.9 Å². The summed E-state index contributed by atoms with van der Waals surface area (Å²) < 4.78 is 70.8. The molecule has 0 atom stereocenters. The number of aromatic nitrogens is 1. The second-order valence-electron chi connectivity index (χ2n) is 5.40. The molecule has 1 aromatic heterocycles. The molecule has 0 saturated heterocycles. The summed E-state index contributed by atoms with van der Waals surface area (Å²) in [5.74, 6) is -1.26. The molecule has 3 rings (SSSR count). The molecule has 7 heteroatoms. The van der Waals surface area contributed by atoms with Crippen LogP contribution in [0.15, 0.2) is 48.7 Å². The monoisotopic (exact) mass is 353 g/mol. The maximum Gasteiger partial charge on any atom is 0.416 e. The van der Waals surface area contributed by atoms with E-state index < -0.39 is 23.4 Å². The fourth-order valence-corrected chi connectivity index (χ4v) is 2.46. The second kappa shape index (κ2) is 6.76. The van der Waals surface area contributed by atoms with Crippen molar-refractivity contribution in [3.8, 4) is 0 Å². The second-order valence-corrected chi connectivity index (χ2v) is 5.40. The first-order chi connectivity index (χ1) is 11.9. The van der Waals surface area contributed by atoms with Crippen molar-refractivity contribution < 1.29 is 26.7 Å². The van der Waals surface area contributed by atoms with Crippen LogP contribution in [0.5, 0.6) is 0 Å². The fraction of sp³-hybridized carbons (Fsp3) is 0.167. The van der Waals surface area contributed by atoms with Gasteiger partial charge in [-0.25, -0.2) is 8.78 Å². The van der Waals surface area contributed by atoms with Gasteiger partial charge in [0.25, 0.3) is 0 Å². The van der Waals surface area contributed by atoms with Crippen LogP contribution in [-0.2, 0) is 24.1 Å². The Morgan fingerprint density at radius 3 is 2.40 bits per heavy atom. The number of hydrogen-bond acceptors (Lipinski definition) is 2. The number of para-hydroxylation sites is 1. The summed E-state index contributed by atoms with van der Waals surface area (Å²) in [6, 6.07) is 8.24. The number of pyridine rings is 1. The van der Waals surface area contributed by atoms with Gasteiger partial charge in [-0.3, -0.25) is 4.98 Å². The molecule has 0 unspecified atom stereocenters. The number of fused-ring (bicyclic) bond motifs is 1. The van der Waals surface area contributed by atoms with Crippen LogP contribution in [0, 0.1) is 11.6 Å². The maximum absolute atomic E-state index is 13.7. The molecule has 2 aromatic carbocycles. The van der Waals surface area contributed by atoms with E-state index in [1.807, 2.05) is 0 Å². The van der Waals surface area contributed by atoms with E-state index >= 15 is 0 Å². The molecule has 130 valence electrons. The first-order valence-corrected chi connectivity index (χ1v) is 7.32. The molecule has 0 aliphatic heterocycles. The normalized spacial score (nSPS) is 11.9. The molecular formula is C18H12F5NO. The highest BCUT2D eigenvalue weighted by Crippen LogP contribution is 2.30. The average molecular weight is 353 g/mol. The molecule has 0 aliphatic rings. The van der Waals surface area contributed by atoms with Crippen LogP contribution in [0.1, 0.15) is 16.7 Å². The molecule has 0 bridgehead atoms. The zero-order valence-electron chi connectivity index (χ0n) is 12.8. The zero-order chi connectivity index (χ0) is 18.0. The van der Waals surface area contributed by atoms with Gasteiger partial charge in [0.1, 0.15) is 17.2 Å². The molecule has 3 aromatic rings. The van der Waals surface area contributed by atoms with Crippen LogP contribution in [0.4, 0.5) is 22.0 Å². The summed E-state index contributed by atoms with van der Waals surface area (Å²) in [7, 11) is 0. The lowest BCUT2D eigenvalue weighted by Gasteiger charge is -2.11. The summed E-state index contributed by atoms with van der Waals surface area (Å²) in [6.45, 7) is -0.354. The minimum absolute atomic E-state index is 0.0157. The average Bonchev–Trinajstić information content (AvgIpc) is 2.56. The molecule has 0 amide bonds. The molecule has 0 saturated carbocycles. The summed E-state index contributed by atoms with van der Waals surface area (Å²) >= 11 is 0. The van der Waals surface area contributed by atoms with Crippen molar-refractivity contribution in [2.45, 2.75) is 19.4 Å². The number of halogens is 5. The lowest BCUT2D eigenvalue weighted by atomic mass is 10.1. The highest BCUT2D eigenvalue weighted by molar-refractivity contribution is 5.82. The Morgan fingerprint density at radius 1 is 0.880 bits per heavy atom. The molecule has 0 spiro atoms. The Balaban J connectivity index is 1.77. The van der Waals surface area contributed by atoms with E-state index in [4.69, 9.17) is 4.74 Å². The van der Waals surface area contributed by atoms with Gasteiger partial charge in [-0.2, -0.15) is 13.2 Å². The first-order valence-electron chi connectivity index (χ1n) is 7.32. The first kappa shape index (κ1) is 17.3. The van der Waals surface area contributed by atoms with Crippen molar-refractivity contribution in [2.75, 3.05) is 0 Å². The lowest BCUT2D eigenvalue weighted by molar-refractivity contribution is -0.137. The summed E-state index contributed by atoms with van der Waals surface area (Å²) in [6.07, 6.45) is -3.14. The molecule has 0 N–H and O–H groups in total. The third-order valence-electron chi connectivity index (χ3n) is 3.70. The van der Waals surface area contributed by atoms with Crippen molar-refractivity contribution in [1.29, 1.82) is 0 Å². The smallest absolute Gasteiger partial charge is 0.372 e. The third-order valence-corrected chi connectivity index (χ3v) is 3.70. The quantitative estimate of drug-likeness (QED) is 0.598. The van der Waals surface area contributed by atoms with E-state index in [2.05, 4.69) is 4.98 Å². The SMILES string of the molecule is Fc1ccc(C(F)(F)F)cc1COCc1ccnc2c(F)cccc12. The van der Waals surface area contributed by atoms with Gasteiger partial charge in [0.2, 0.25) is 0 Å². The van der Waals surface area contributed by atoms with E-state index in [-0.39, 0.29) is 24.3 Å². The molecule has 0 fully saturated rings. The third kappa shape index (κ3) is 3.76. The molecule has 1 heterocycles. The standard InChI is InChI=1S/C18H12F5NO/c19-15-5-4-13(18(21,22)23)8-12(15)10-25-9-11-6-7-24-17-14(11)2-1-3-16(17)20/h1-8H,9-10H2. The summed E-state index contributed by atoms with van der Waals surface area (Å²) in [5.41, 5.74) is -0.353. The van der Waals surface area contributed by atoms with Gasteiger partial charge >= 0.3 is 6.18 Å². The maximum atomic E-state index is 13.7. The predicted molar refractivity (Wildman–Crippen MR) is 81.6 cm³/mol. The van der Waals surface area contributed by atoms with E-state index in [1.165, 1.54) is 18.3 Å². The Kier molecular flexibility index (Phi) is 4.67. The van der Waals surface area contributed by atoms with Crippen molar-refractivity contribution in [3.63, 3.8) is 0 Å². The summed E-state index contributed by atoms with van der Waals surface area (Å²) in [5, 5.41) is 0.534. The highest BCUT2D eigenvalue weighted by atomic mass is 19.4. The number of hydrogen-bond donors (Lipinski definition) is 0. The van der Waals surface area contributed by atoms with Crippen molar-refractivity contribution >= 4 is 10.9 Å². The molecule has 0 aliphatic carbocycles. The Labute approximate surface area is 139 Å². The van der Waals surface area contributed by atoms with Crippen LogP contribution < -0.4 is 0 Å². The van der Waals surface area contributed by atoms with Gasteiger partial charge in [0.15, 0.2) is 0 Å². The zero-order valence-corrected chi connectivity index (χ0v) is 12.8. The number of benzene rings is 2. The van der Waals surface area contributed by atoms with Gasteiger partial charge in [0, 0.05) is 17.1 Å². The number of alkyl halides is 3. The topological polar surface area (TPSA) is 22.1 Å². The van der Waals surface area contributed by atoms with Crippen LogP contribution in [0.2, 0.25) is 0 Å². The molecule has 0 radical (unpaired) electrons. The number of rotatable bonds is 4. The van der Waals surface area contributed by atoms with Crippen molar-refractivity contribution in [1.82, 2.24) is 4.98 Å². The van der Waals surface area contributed by atoms with Crippen molar-refractivity contribution in [2.24, 2.45) is 0 Å². The van der Waals surface area contributed by atoms with E-state index in [9.17, 15) is 22.0 Å². The van der Waals surface area contributed by atoms with E-state index in [0.717, 1.165) is 12.1 Å². The molecule has 25 heavy (non-hydrogen) atoms. The van der Waals surface area contributed by atoms with E-state index in [0.29, 0.717) is 17.0 Å². The van der Waals surface area contributed by atoms with Crippen LogP contribution in [-0.4, -0.2) is 4.98 Å². The minimum atomic E-state index is -4.55. The number of nitrogens with zero attached hydrogens (tertiary/aromatic N) is 1. The largest absolute Gasteiger partial charge is 0.416 e. The van der Waals surface area contributed by atoms with Gasteiger partial charge in [-0.1, -0.05) is 12.1 Å². The van der Waals surface area contributed by atoms with Gasteiger partial charge < -0.3 is 4.74 Å². The predicted octanol–water partition coefficient (Wildman–Crippen LogP) is 5.25. The molecule has 2 nitrogen and oxygen atoms in total. The molecular weight excluding hydrogens is 341 g/mol. The van der Waals surface area contributed by atoms with Gasteiger partial charge in [0.05, 0.1) is 18.8 Å². The van der Waals surface area contributed by atoms with Crippen molar-refractivity contribution in [3.05, 3.63) is 77.0 Å². The minimum Gasteiger partial charge on any atom is -0.372 e. The highest BCUT2D eigenvalue weighted by Gasteiger charge is 2.31. The Morgan fingerprint density at radius 2 is 1.64 bits per heavy atom.